The fourth-order valence-electron chi connectivity index (χ4n) is 5.59. The van der Waals surface area contributed by atoms with Crippen LogP contribution in [0, 0.1) is 0 Å². The number of hydrogen-bond acceptors (Lipinski definition) is 8. The van der Waals surface area contributed by atoms with Gasteiger partial charge in [0.2, 0.25) is 0 Å². The van der Waals surface area contributed by atoms with Crippen LogP contribution in [-0.2, 0) is 23.6 Å². The summed E-state index contributed by atoms with van der Waals surface area (Å²) in [6.45, 7) is 2.12. The minimum Gasteiger partial charge on any atom is -0.477 e. The highest BCUT2D eigenvalue weighted by Gasteiger charge is 2.42. The Morgan fingerprint density at radius 3 is 2.77 bits per heavy atom. The number of fused-ring (bicyclic) bond motifs is 2. The molecule has 40 heavy (non-hydrogen) atoms. The summed E-state index contributed by atoms with van der Waals surface area (Å²) in [4.78, 5) is 23.2. The Labute approximate surface area is 243 Å². The van der Waals surface area contributed by atoms with Gasteiger partial charge in [0.1, 0.15) is 21.2 Å². The fourth-order valence-corrected chi connectivity index (χ4v) is 6.57. The molecular formula is C29H29ClN4O5S. The Kier molecular flexibility index (Phi) is 5.89. The van der Waals surface area contributed by atoms with Crippen molar-refractivity contribution in [2.24, 2.45) is 0 Å². The van der Waals surface area contributed by atoms with Gasteiger partial charge in [0, 0.05) is 25.3 Å². The zero-order valence-corrected chi connectivity index (χ0v) is 23.4. The molecule has 0 radical (unpaired) electrons. The van der Waals surface area contributed by atoms with Crippen LogP contribution in [-0.4, -0.2) is 56.3 Å². The normalized spacial score (nSPS) is 24.1. The van der Waals surface area contributed by atoms with E-state index in [-0.39, 0.29) is 16.9 Å². The Hall–Kier alpha value is -3.18. The van der Waals surface area contributed by atoms with E-state index in [0.29, 0.717) is 64.6 Å². The van der Waals surface area contributed by atoms with Gasteiger partial charge in [0.05, 0.1) is 32.4 Å². The number of pyridine rings is 1. The quantitative estimate of drug-likeness (QED) is 0.298. The van der Waals surface area contributed by atoms with Crippen molar-refractivity contribution in [2.75, 3.05) is 19.7 Å². The monoisotopic (exact) mass is 582 g/mol. The number of piperidine rings is 1. The Morgan fingerprint density at radius 1 is 1.25 bits per heavy atom. The van der Waals surface area contributed by atoms with Gasteiger partial charge < -0.3 is 23.9 Å². The summed E-state index contributed by atoms with van der Waals surface area (Å²) in [5.74, 6) is -0.286. The molecule has 1 N–H and O–H groups in total. The summed E-state index contributed by atoms with van der Waals surface area (Å²) in [5.41, 5.74) is 2.29. The second kappa shape index (κ2) is 10.0. The minimum atomic E-state index is -1.85. The molecule has 6 heterocycles. The van der Waals surface area contributed by atoms with Gasteiger partial charge >= 0.3 is 5.97 Å². The van der Waals surface area contributed by atoms with Crippen molar-refractivity contribution in [2.45, 2.75) is 57.0 Å². The average Bonchev–Trinajstić information content (AvgIpc) is 3.62. The van der Waals surface area contributed by atoms with E-state index in [9.17, 15) is 12.6 Å². The predicted octanol–water partition coefficient (Wildman–Crippen LogP) is 5.66. The number of carboxylic acid groups (broad SMARTS) is 1. The second-order valence-electron chi connectivity index (χ2n) is 10.5. The number of likely N-dealkylation sites (tertiary alicyclic amines) is 1. The van der Waals surface area contributed by atoms with Crippen LogP contribution >= 0.6 is 22.9 Å². The number of nitrogens with zero attached hydrogens (tertiary/aromatic N) is 4. The molecule has 2 saturated heterocycles. The molecule has 3 aromatic heterocycles. The molecule has 0 spiro atoms. The molecule has 208 valence electrons. The Balaban J connectivity index is 1.11. The van der Waals surface area contributed by atoms with Crippen LogP contribution in [0.3, 0.4) is 0 Å². The van der Waals surface area contributed by atoms with Gasteiger partial charge in [0.15, 0.2) is 11.5 Å². The molecule has 3 aliphatic rings. The van der Waals surface area contributed by atoms with E-state index >= 15 is 0 Å². The SMILES string of the molecule is [2H]C([2H])(c1nc2sc(C(=O)O)cc2n1C[C@@H]1CCO1)N1CCC(c2cccc3c2O[C@@](C)(c2ccc(Cl)cn2)O3)CC1. The molecule has 0 unspecified atom stereocenters. The number of thiophene rings is 1. The van der Waals surface area contributed by atoms with Crippen LogP contribution in [0.4, 0.5) is 0 Å². The average molecular weight is 583 g/mol. The lowest BCUT2D eigenvalue weighted by Crippen LogP contribution is -2.35. The summed E-state index contributed by atoms with van der Waals surface area (Å²) in [7, 11) is 0. The first-order valence-corrected chi connectivity index (χ1v) is 14.6. The summed E-state index contributed by atoms with van der Waals surface area (Å²) >= 11 is 7.10. The maximum absolute atomic E-state index is 11.6. The van der Waals surface area contributed by atoms with E-state index in [1.807, 2.05) is 28.5 Å². The van der Waals surface area contributed by atoms with Crippen LogP contribution in [0.2, 0.25) is 5.02 Å². The number of aromatic nitrogens is 3. The highest BCUT2D eigenvalue weighted by atomic mass is 35.5. The van der Waals surface area contributed by atoms with Crippen LogP contribution in [0.15, 0.2) is 42.6 Å². The highest BCUT2D eigenvalue weighted by Crippen LogP contribution is 2.49. The van der Waals surface area contributed by atoms with Crippen LogP contribution in [0.1, 0.15) is 61.6 Å². The first-order valence-electron chi connectivity index (χ1n) is 14.4. The molecule has 2 fully saturated rings. The molecule has 1 aromatic carbocycles. The number of rotatable bonds is 7. The van der Waals surface area contributed by atoms with Crippen molar-refractivity contribution in [1.82, 2.24) is 19.4 Å². The van der Waals surface area contributed by atoms with Gasteiger partial charge in [-0.2, -0.15) is 0 Å². The third-order valence-electron chi connectivity index (χ3n) is 7.83. The van der Waals surface area contributed by atoms with E-state index in [1.54, 1.807) is 24.4 Å². The number of halogens is 1. The number of hydrogen-bond donors (Lipinski definition) is 1. The highest BCUT2D eigenvalue weighted by molar-refractivity contribution is 7.20. The first-order chi connectivity index (χ1) is 20.1. The van der Waals surface area contributed by atoms with Gasteiger partial charge in [-0.1, -0.05) is 23.7 Å². The van der Waals surface area contributed by atoms with Crippen molar-refractivity contribution < 1.29 is 26.9 Å². The predicted molar refractivity (Wildman–Crippen MR) is 150 cm³/mol. The topological polar surface area (TPSA) is 98.9 Å². The Morgan fingerprint density at radius 2 is 2.08 bits per heavy atom. The van der Waals surface area contributed by atoms with Crippen LogP contribution in [0.5, 0.6) is 11.5 Å². The zero-order chi connectivity index (χ0) is 29.2. The van der Waals surface area contributed by atoms with Gasteiger partial charge in [-0.3, -0.25) is 9.88 Å². The maximum Gasteiger partial charge on any atom is 0.346 e. The lowest BCUT2D eigenvalue weighted by Gasteiger charge is -2.33. The van der Waals surface area contributed by atoms with Crippen molar-refractivity contribution in [3.05, 3.63) is 69.6 Å². The van der Waals surface area contributed by atoms with Gasteiger partial charge in [-0.05, 0) is 62.5 Å². The number of aromatic carboxylic acids is 1. The van der Waals surface area contributed by atoms with Crippen molar-refractivity contribution in [3.8, 4) is 11.5 Å². The van der Waals surface area contributed by atoms with E-state index in [4.69, 9.17) is 25.8 Å². The van der Waals surface area contributed by atoms with Gasteiger partial charge in [-0.25, -0.2) is 9.78 Å². The number of para-hydroxylation sites is 1. The van der Waals surface area contributed by atoms with E-state index < -0.39 is 18.3 Å². The molecule has 9 nitrogen and oxygen atoms in total. The minimum absolute atomic E-state index is 0.0352. The van der Waals surface area contributed by atoms with E-state index in [1.165, 1.54) is 0 Å². The standard InChI is InChI=1S/C29H29ClN4O5S/c1-29(24-6-5-18(30)14-31-24)38-22-4-2-3-20(26(22)39-29)17-7-10-33(11-8-17)16-25-32-27-21(13-23(40-27)28(35)36)34(25)15-19-9-12-37-19/h2-6,13-14,17,19H,7-12,15-16H2,1H3,(H,35,36)/t19-,29-/m0/s1/i16D2. The van der Waals surface area contributed by atoms with Crippen molar-refractivity contribution in [1.29, 1.82) is 0 Å². The fraction of sp³-hybridized carbons (Fsp3) is 0.414. The number of carbonyl (C=O) groups is 1. The molecule has 2 atom stereocenters. The molecule has 0 bridgehead atoms. The first kappa shape index (κ1) is 23.5. The van der Waals surface area contributed by atoms with Gasteiger partial charge in [0.25, 0.3) is 5.79 Å². The van der Waals surface area contributed by atoms with Gasteiger partial charge in [-0.15, -0.1) is 11.3 Å². The summed E-state index contributed by atoms with van der Waals surface area (Å²) in [6, 6.07) is 11.0. The maximum atomic E-state index is 11.6. The molecule has 4 aromatic rings. The number of ether oxygens (including phenoxy) is 3. The zero-order valence-electron chi connectivity index (χ0n) is 23.8. The largest absolute Gasteiger partial charge is 0.477 e. The van der Waals surface area contributed by atoms with Crippen molar-refractivity contribution in [3.63, 3.8) is 0 Å². The molecule has 7 rings (SSSR count). The number of imidazole rings is 1. The molecule has 0 amide bonds. The molecular weight excluding hydrogens is 552 g/mol. The summed E-state index contributed by atoms with van der Waals surface area (Å²) in [5, 5.41) is 10.0. The molecule has 0 saturated carbocycles. The third kappa shape index (κ3) is 4.62. The van der Waals surface area contributed by atoms with Crippen molar-refractivity contribution >= 4 is 39.3 Å². The molecule has 0 aliphatic carbocycles. The summed E-state index contributed by atoms with van der Waals surface area (Å²) < 4.78 is 38.5. The molecule has 3 aliphatic heterocycles. The smallest absolute Gasteiger partial charge is 0.346 e. The number of carboxylic acids is 1. The third-order valence-corrected chi connectivity index (χ3v) is 9.06. The lowest BCUT2D eigenvalue weighted by molar-refractivity contribution is -0.0722. The number of benzene rings is 1. The second-order valence-corrected chi connectivity index (χ2v) is 12.0. The van der Waals surface area contributed by atoms with E-state index in [0.717, 1.165) is 36.2 Å². The summed E-state index contributed by atoms with van der Waals surface area (Å²) in [6.07, 6.45) is 3.86. The lowest BCUT2D eigenvalue weighted by atomic mass is 9.88. The molecule has 11 heteroatoms. The van der Waals surface area contributed by atoms with Crippen LogP contribution in [0.25, 0.3) is 10.3 Å². The Bertz CT molecular complexity index is 1670. The van der Waals surface area contributed by atoms with E-state index in [2.05, 4.69) is 16.0 Å². The van der Waals surface area contributed by atoms with Crippen LogP contribution < -0.4 is 9.47 Å².